The Balaban J connectivity index is 2.05. The summed E-state index contributed by atoms with van der Waals surface area (Å²) in [4.78, 5) is 11.4. The number of hydrogen-bond donors (Lipinski definition) is 1. The predicted octanol–water partition coefficient (Wildman–Crippen LogP) is 0.692. The largest absolute Gasteiger partial charge is 0.469 e. The second kappa shape index (κ2) is 2.73. The minimum absolute atomic E-state index is 0.0121. The number of rotatable bonds is 2. The van der Waals surface area contributed by atoms with Crippen molar-refractivity contribution < 1.29 is 9.53 Å². The van der Waals surface area contributed by atoms with Gasteiger partial charge in [0.25, 0.3) is 0 Å². The van der Waals surface area contributed by atoms with Crippen molar-refractivity contribution in [3.8, 4) is 0 Å². The third-order valence-corrected chi connectivity index (χ3v) is 3.11. The molecule has 1 aliphatic carbocycles. The number of hydrogen-bond acceptors (Lipinski definition) is 3. The van der Waals surface area contributed by atoms with Crippen LogP contribution in [0.25, 0.3) is 0 Å². The van der Waals surface area contributed by atoms with Crippen molar-refractivity contribution in [2.24, 2.45) is 5.41 Å². The second-order valence-electron chi connectivity index (χ2n) is 3.80. The summed E-state index contributed by atoms with van der Waals surface area (Å²) in [6.07, 6.45) is 4.35. The van der Waals surface area contributed by atoms with Crippen LogP contribution in [0.15, 0.2) is 0 Å². The van der Waals surface area contributed by atoms with E-state index in [-0.39, 0.29) is 11.4 Å². The quantitative estimate of drug-likeness (QED) is 0.618. The lowest BCUT2D eigenvalue weighted by Crippen LogP contribution is -2.38. The van der Waals surface area contributed by atoms with E-state index in [2.05, 4.69) is 5.32 Å². The Kier molecular flexibility index (Phi) is 1.83. The monoisotopic (exact) mass is 169 g/mol. The molecule has 0 aromatic heterocycles. The Morgan fingerprint density at radius 1 is 1.58 bits per heavy atom. The summed E-state index contributed by atoms with van der Waals surface area (Å²) >= 11 is 0. The van der Waals surface area contributed by atoms with E-state index < -0.39 is 0 Å². The molecule has 0 spiro atoms. The number of esters is 1. The molecule has 0 bridgehead atoms. The summed E-state index contributed by atoms with van der Waals surface area (Å²) in [6.45, 7) is 1.06. The van der Waals surface area contributed by atoms with Crippen LogP contribution in [-0.2, 0) is 9.53 Å². The van der Waals surface area contributed by atoms with Crippen LogP contribution in [0.4, 0.5) is 0 Å². The maximum absolute atomic E-state index is 11.4. The molecule has 0 amide bonds. The lowest BCUT2D eigenvalue weighted by atomic mass is 9.95. The van der Waals surface area contributed by atoms with E-state index in [4.69, 9.17) is 4.74 Å². The SMILES string of the molecule is COC(=O)C1(C2CCCN2)CC1. The normalized spacial score (nSPS) is 31.6. The van der Waals surface area contributed by atoms with Crippen molar-refractivity contribution in [1.82, 2.24) is 5.32 Å². The van der Waals surface area contributed by atoms with Gasteiger partial charge in [0.05, 0.1) is 12.5 Å². The molecule has 1 heterocycles. The van der Waals surface area contributed by atoms with Crippen LogP contribution in [-0.4, -0.2) is 25.7 Å². The zero-order valence-electron chi connectivity index (χ0n) is 7.43. The number of nitrogens with one attached hydrogen (secondary N) is 1. The molecule has 0 aromatic carbocycles. The lowest BCUT2D eigenvalue weighted by Gasteiger charge is -2.19. The van der Waals surface area contributed by atoms with E-state index in [0.29, 0.717) is 6.04 Å². The summed E-state index contributed by atoms with van der Waals surface area (Å²) < 4.78 is 4.81. The van der Waals surface area contributed by atoms with Gasteiger partial charge in [-0.1, -0.05) is 0 Å². The Morgan fingerprint density at radius 2 is 2.33 bits per heavy atom. The predicted molar refractivity (Wildman–Crippen MR) is 44.7 cm³/mol. The third kappa shape index (κ3) is 1.04. The van der Waals surface area contributed by atoms with E-state index in [1.165, 1.54) is 13.5 Å². The highest BCUT2D eigenvalue weighted by molar-refractivity contribution is 5.80. The van der Waals surface area contributed by atoms with Crippen LogP contribution >= 0.6 is 0 Å². The first kappa shape index (κ1) is 8.05. The fraction of sp³-hybridized carbons (Fsp3) is 0.889. The van der Waals surface area contributed by atoms with Gasteiger partial charge in [-0.3, -0.25) is 4.79 Å². The van der Waals surface area contributed by atoms with Gasteiger partial charge in [-0.2, -0.15) is 0 Å². The highest BCUT2D eigenvalue weighted by Crippen LogP contribution is 2.51. The Bertz CT molecular complexity index is 193. The van der Waals surface area contributed by atoms with Crippen molar-refractivity contribution >= 4 is 5.97 Å². The average molecular weight is 169 g/mol. The molecule has 0 radical (unpaired) electrons. The first-order valence-electron chi connectivity index (χ1n) is 4.61. The van der Waals surface area contributed by atoms with E-state index in [0.717, 1.165) is 25.8 Å². The van der Waals surface area contributed by atoms with Crippen molar-refractivity contribution in [2.45, 2.75) is 31.7 Å². The molecule has 1 saturated carbocycles. The van der Waals surface area contributed by atoms with Crippen molar-refractivity contribution in [1.29, 1.82) is 0 Å². The smallest absolute Gasteiger partial charge is 0.313 e. The zero-order chi connectivity index (χ0) is 8.60. The third-order valence-electron chi connectivity index (χ3n) is 3.11. The summed E-state index contributed by atoms with van der Waals surface area (Å²) in [5, 5.41) is 3.37. The topological polar surface area (TPSA) is 38.3 Å². The van der Waals surface area contributed by atoms with Gasteiger partial charge >= 0.3 is 5.97 Å². The van der Waals surface area contributed by atoms with Gasteiger partial charge in [-0.25, -0.2) is 0 Å². The van der Waals surface area contributed by atoms with Crippen molar-refractivity contribution in [3.63, 3.8) is 0 Å². The Hall–Kier alpha value is -0.570. The van der Waals surface area contributed by atoms with E-state index in [1.54, 1.807) is 0 Å². The van der Waals surface area contributed by atoms with Gasteiger partial charge in [0.15, 0.2) is 0 Å². The molecular weight excluding hydrogens is 154 g/mol. The maximum atomic E-state index is 11.4. The average Bonchev–Trinajstić information content (AvgIpc) is 2.73. The first-order chi connectivity index (χ1) is 5.79. The number of carbonyl (C=O) groups is 1. The van der Waals surface area contributed by atoms with E-state index in [9.17, 15) is 4.79 Å². The maximum Gasteiger partial charge on any atom is 0.313 e. The summed E-state index contributed by atoms with van der Waals surface area (Å²) in [7, 11) is 1.48. The molecule has 3 nitrogen and oxygen atoms in total. The van der Waals surface area contributed by atoms with E-state index >= 15 is 0 Å². The van der Waals surface area contributed by atoms with Crippen LogP contribution in [0.3, 0.4) is 0 Å². The number of carbonyl (C=O) groups excluding carboxylic acids is 1. The molecule has 1 aliphatic heterocycles. The second-order valence-corrected chi connectivity index (χ2v) is 3.80. The molecule has 68 valence electrons. The van der Waals surface area contributed by atoms with Gasteiger partial charge in [0.2, 0.25) is 0 Å². The summed E-state index contributed by atoms with van der Waals surface area (Å²) in [6, 6.07) is 0.393. The van der Waals surface area contributed by atoms with Gasteiger partial charge < -0.3 is 10.1 Å². The van der Waals surface area contributed by atoms with Crippen molar-refractivity contribution in [3.05, 3.63) is 0 Å². The van der Waals surface area contributed by atoms with Crippen molar-refractivity contribution in [2.75, 3.05) is 13.7 Å². The molecule has 1 N–H and O–H groups in total. The molecule has 1 unspecified atom stereocenters. The van der Waals surface area contributed by atoms with Crippen LogP contribution < -0.4 is 5.32 Å². The molecule has 2 fully saturated rings. The highest BCUT2D eigenvalue weighted by Gasteiger charge is 2.57. The van der Waals surface area contributed by atoms with Crippen LogP contribution in [0.2, 0.25) is 0 Å². The fourth-order valence-corrected chi connectivity index (χ4v) is 2.19. The number of methoxy groups -OCH3 is 1. The highest BCUT2D eigenvalue weighted by atomic mass is 16.5. The standard InChI is InChI=1S/C9H15NO2/c1-12-8(11)9(4-5-9)7-3-2-6-10-7/h7,10H,2-6H2,1H3. The molecule has 2 aliphatic rings. The molecule has 0 aromatic rings. The van der Waals surface area contributed by atoms with Crippen LogP contribution in [0.5, 0.6) is 0 Å². The van der Waals surface area contributed by atoms with Gasteiger partial charge in [0.1, 0.15) is 0 Å². The molecule has 1 saturated heterocycles. The van der Waals surface area contributed by atoms with Crippen LogP contribution in [0.1, 0.15) is 25.7 Å². The zero-order valence-corrected chi connectivity index (χ0v) is 7.43. The minimum Gasteiger partial charge on any atom is -0.469 e. The Morgan fingerprint density at radius 3 is 2.75 bits per heavy atom. The van der Waals surface area contributed by atoms with E-state index in [1.807, 2.05) is 0 Å². The molecular formula is C9H15NO2. The lowest BCUT2D eigenvalue weighted by molar-refractivity contribution is -0.148. The van der Waals surface area contributed by atoms with Crippen LogP contribution in [0, 0.1) is 5.41 Å². The number of ether oxygens (including phenoxy) is 1. The summed E-state index contributed by atoms with van der Waals surface area (Å²) in [5.41, 5.74) is -0.134. The minimum atomic E-state index is -0.134. The van der Waals surface area contributed by atoms with Gasteiger partial charge in [-0.05, 0) is 32.2 Å². The van der Waals surface area contributed by atoms with Gasteiger partial charge in [-0.15, -0.1) is 0 Å². The fourth-order valence-electron chi connectivity index (χ4n) is 2.19. The van der Waals surface area contributed by atoms with Gasteiger partial charge in [0, 0.05) is 6.04 Å². The molecule has 2 rings (SSSR count). The molecule has 1 atom stereocenters. The summed E-state index contributed by atoms with van der Waals surface area (Å²) in [5.74, 6) is -0.0121. The molecule has 12 heavy (non-hydrogen) atoms. The molecule has 3 heteroatoms. The Labute approximate surface area is 72.5 Å². The first-order valence-corrected chi connectivity index (χ1v) is 4.61.